The first kappa shape index (κ1) is 17.6. The fourth-order valence-electron chi connectivity index (χ4n) is 2.83. The average Bonchev–Trinajstić information content (AvgIpc) is 3.36. The smallest absolute Gasteiger partial charge is 0.451 e. The second kappa shape index (κ2) is 6.71. The lowest BCUT2D eigenvalue weighted by molar-refractivity contribution is -0.144. The highest BCUT2D eigenvalue weighted by molar-refractivity contribution is 5.83. The number of rotatable bonds is 6. The van der Waals surface area contributed by atoms with Crippen molar-refractivity contribution in [3.63, 3.8) is 0 Å². The summed E-state index contributed by atoms with van der Waals surface area (Å²) in [5.41, 5.74) is 1.56. The number of fused-ring (bicyclic) bond motifs is 1. The molecule has 1 aromatic carbocycles. The van der Waals surface area contributed by atoms with E-state index in [1.165, 1.54) is 6.33 Å². The molecule has 0 radical (unpaired) electrons. The Hall–Kier alpha value is -2.84. The maximum absolute atomic E-state index is 13.2. The summed E-state index contributed by atoms with van der Waals surface area (Å²) in [6.07, 6.45) is -0.653. The molecule has 0 unspecified atom stereocenters. The minimum atomic E-state index is -4.62. The highest BCUT2D eigenvalue weighted by atomic mass is 19.4. The fourth-order valence-corrected chi connectivity index (χ4v) is 2.83. The Morgan fingerprint density at radius 1 is 1.26 bits per heavy atom. The fraction of sp³-hybridized carbons (Fsp3) is 0.389. The van der Waals surface area contributed by atoms with Crippen LogP contribution in [0.15, 0.2) is 30.6 Å². The lowest BCUT2D eigenvalue weighted by Crippen LogP contribution is -2.15. The third-order valence-electron chi connectivity index (χ3n) is 4.41. The minimum Gasteiger partial charge on any atom is -0.497 e. The van der Waals surface area contributed by atoms with Gasteiger partial charge in [-0.05, 0) is 37.0 Å². The normalized spacial score (nSPS) is 14.5. The molecule has 0 atom stereocenters. The van der Waals surface area contributed by atoms with Crippen molar-refractivity contribution in [2.75, 3.05) is 12.4 Å². The molecule has 0 aliphatic heterocycles. The molecule has 27 heavy (non-hydrogen) atoms. The van der Waals surface area contributed by atoms with Gasteiger partial charge in [0.1, 0.15) is 11.3 Å². The summed E-state index contributed by atoms with van der Waals surface area (Å²) in [6.45, 7) is 0.445. The molecule has 4 rings (SSSR count). The van der Waals surface area contributed by atoms with Gasteiger partial charge in [-0.3, -0.25) is 0 Å². The van der Waals surface area contributed by atoms with E-state index in [0.29, 0.717) is 18.5 Å². The van der Waals surface area contributed by atoms with E-state index in [0.717, 1.165) is 24.2 Å². The maximum atomic E-state index is 13.2. The molecular formula is C18H18F3N5O. The molecule has 1 aliphatic carbocycles. The Morgan fingerprint density at radius 2 is 2.07 bits per heavy atom. The molecule has 0 amide bonds. The number of nitrogens with zero attached hydrogens (tertiary/aromatic N) is 4. The monoisotopic (exact) mass is 377 g/mol. The number of imidazole rings is 1. The number of nitrogens with one attached hydrogen (secondary N) is 1. The van der Waals surface area contributed by atoms with Crippen LogP contribution < -0.4 is 10.1 Å². The van der Waals surface area contributed by atoms with Crippen LogP contribution in [0.3, 0.4) is 0 Å². The predicted octanol–water partition coefficient (Wildman–Crippen LogP) is 3.67. The number of halogens is 3. The summed E-state index contributed by atoms with van der Waals surface area (Å²) in [4.78, 5) is 11.7. The van der Waals surface area contributed by atoms with Gasteiger partial charge in [-0.1, -0.05) is 12.1 Å². The predicted molar refractivity (Wildman–Crippen MR) is 93.7 cm³/mol. The molecule has 0 bridgehead atoms. The van der Waals surface area contributed by atoms with Crippen molar-refractivity contribution in [1.29, 1.82) is 0 Å². The Kier molecular flexibility index (Phi) is 4.37. The molecule has 0 spiro atoms. The zero-order valence-electron chi connectivity index (χ0n) is 14.6. The molecule has 9 heteroatoms. The van der Waals surface area contributed by atoms with E-state index in [-0.39, 0.29) is 17.5 Å². The van der Waals surface area contributed by atoms with Crippen LogP contribution in [0, 0.1) is 0 Å². The zero-order valence-corrected chi connectivity index (χ0v) is 14.6. The first-order valence-corrected chi connectivity index (χ1v) is 8.63. The van der Waals surface area contributed by atoms with Gasteiger partial charge in [-0.25, -0.2) is 15.0 Å². The highest BCUT2D eigenvalue weighted by Crippen LogP contribution is 2.32. The van der Waals surface area contributed by atoms with E-state index in [9.17, 15) is 13.2 Å². The first-order chi connectivity index (χ1) is 12.9. The lowest BCUT2D eigenvalue weighted by Gasteiger charge is -2.11. The third kappa shape index (κ3) is 3.81. The molecular weight excluding hydrogens is 359 g/mol. The van der Waals surface area contributed by atoms with E-state index in [4.69, 9.17) is 4.74 Å². The second-order valence-corrected chi connectivity index (χ2v) is 6.52. The molecule has 2 aromatic heterocycles. The van der Waals surface area contributed by atoms with Crippen LogP contribution in [0.5, 0.6) is 5.75 Å². The van der Waals surface area contributed by atoms with Crippen LogP contribution in [-0.4, -0.2) is 32.7 Å². The molecule has 6 nitrogen and oxygen atoms in total. The van der Waals surface area contributed by atoms with E-state index < -0.39 is 12.0 Å². The van der Waals surface area contributed by atoms with Gasteiger partial charge in [-0.15, -0.1) is 0 Å². The van der Waals surface area contributed by atoms with Crippen LogP contribution in [0.25, 0.3) is 11.2 Å². The average molecular weight is 377 g/mol. The van der Waals surface area contributed by atoms with Gasteiger partial charge < -0.3 is 14.6 Å². The Bertz CT molecular complexity index is 965. The van der Waals surface area contributed by atoms with Gasteiger partial charge in [0.2, 0.25) is 5.82 Å². The molecule has 0 saturated heterocycles. The van der Waals surface area contributed by atoms with Crippen molar-refractivity contribution < 1.29 is 17.9 Å². The number of methoxy groups -OCH3 is 1. The summed E-state index contributed by atoms with van der Waals surface area (Å²) in [7, 11) is 1.59. The third-order valence-corrected chi connectivity index (χ3v) is 4.41. The number of aromatic nitrogens is 4. The lowest BCUT2D eigenvalue weighted by atomic mass is 10.1. The van der Waals surface area contributed by atoms with Gasteiger partial charge in [0, 0.05) is 12.6 Å². The van der Waals surface area contributed by atoms with Crippen molar-refractivity contribution in [3.05, 3.63) is 42.0 Å². The SMILES string of the molecule is COc1cccc(CCn2cnc3c(NC4CC4)nc(C(F)(F)F)nc32)c1. The van der Waals surface area contributed by atoms with Gasteiger partial charge in [0.25, 0.3) is 0 Å². The standard InChI is InChI=1S/C18H18F3N5O/c1-27-13-4-2-3-11(9-13)7-8-26-10-22-14-15(23-12-5-6-12)24-17(18(19,20)21)25-16(14)26/h2-4,9-10,12H,5-8H2,1H3,(H,23,24,25). The number of anilines is 1. The number of ether oxygens (including phenoxy) is 1. The Labute approximate surface area is 153 Å². The number of hydrogen-bond donors (Lipinski definition) is 1. The highest BCUT2D eigenvalue weighted by Gasteiger charge is 2.37. The minimum absolute atomic E-state index is 0.148. The van der Waals surface area contributed by atoms with Crippen molar-refractivity contribution in [1.82, 2.24) is 19.5 Å². The summed E-state index contributed by atoms with van der Waals surface area (Å²) in [5, 5.41) is 3.03. The molecule has 142 valence electrons. The van der Waals surface area contributed by atoms with Crippen molar-refractivity contribution in [3.8, 4) is 5.75 Å². The number of aryl methyl sites for hydroxylation is 2. The quantitative estimate of drug-likeness (QED) is 0.710. The van der Waals surface area contributed by atoms with Gasteiger partial charge >= 0.3 is 6.18 Å². The summed E-state index contributed by atoms with van der Waals surface area (Å²) in [6, 6.07) is 7.72. The molecule has 1 fully saturated rings. The largest absolute Gasteiger partial charge is 0.497 e. The van der Waals surface area contributed by atoms with Crippen molar-refractivity contribution >= 4 is 17.0 Å². The van der Waals surface area contributed by atoms with Gasteiger partial charge in [0.05, 0.1) is 13.4 Å². The first-order valence-electron chi connectivity index (χ1n) is 8.63. The topological polar surface area (TPSA) is 64.9 Å². The van der Waals surface area contributed by atoms with Crippen molar-refractivity contribution in [2.24, 2.45) is 0 Å². The molecule has 1 saturated carbocycles. The molecule has 3 aromatic rings. The number of hydrogen-bond acceptors (Lipinski definition) is 5. The zero-order chi connectivity index (χ0) is 19.0. The number of alkyl halides is 3. The maximum Gasteiger partial charge on any atom is 0.451 e. The van der Waals surface area contributed by atoms with Crippen LogP contribution in [-0.2, 0) is 19.1 Å². The summed E-state index contributed by atoms with van der Waals surface area (Å²) < 4.78 is 46.5. The van der Waals surface area contributed by atoms with E-state index in [2.05, 4.69) is 20.3 Å². The van der Waals surface area contributed by atoms with E-state index >= 15 is 0 Å². The summed E-state index contributed by atoms with van der Waals surface area (Å²) >= 11 is 0. The Morgan fingerprint density at radius 3 is 2.78 bits per heavy atom. The van der Waals surface area contributed by atoms with Crippen LogP contribution in [0.2, 0.25) is 0 Å². The Balaban J connectivity index is 1.66. The van der Waals surface area contributed by atoms with Crippen LogP contribution >= 0.6 is 0 Å². The molecule has 1 aliphatic rings. The van der Waals surface area contributed by atoms with Gasteiger partial charge in [-0.2, -0.15) is 13.2 Å². The number of benzene rings is 1. The van der Waals surface area contributed by atoms with E-state index in [1.54, 1.807) is 11.7 Å². The summed E-state index contributed by atoms with van der Waals surface area (Å²) in [5.74, 6) is -0.267. The molecule has 2 heterocycles. The molecule has 1 N–H and O–H groups in total. The van der Waals surface area contributed by atoms with Crippen LogP contribution in [0.4, 0.5) is 19.0 Å². The van der Waals surface area contributed by atoms with Gasteiger partial charge in [0.15, 0.2) is 11.5 Å². The second-order valence-electron chi connectivity index (χ2n) is 6.52. The van der Waals surface area contributed by atoms with E-state index in [1.807, 2.05) is 24.3 Å². The van der Waals surface area contributed by atoms with Crippen molar-refractivity contribution in [2.45, 2.75) is 38.0 Å². The van der Waals surface area contributed by atoms with Crippen LogP contribution in [0.1, 0.15) is 24.2 Å².